The van der Waals surface area contributed by atoms with Crippen LogP contribution in [0.25, 0.3) is 0 Å². The van der Waals surface area contributed by atoms with Crippen LogP contribution in [0.3, 0.4) is 0 Å². The minimum absolute atomic E-state index is 0.00870. The highest BCUT2D eigenvalue weighted by Crippen LogP contribution is 2.27. The fourth-order valence-electron chi connectivity index (χ4n) is 3.30. The molecule has 1 amide bonds. The molecule has 2 aromatic carbocycles. The Kier molecular flexibility index (Phi) is 6.01. The molecule has 6 heteroatoms. The van der Waals surface area contributed by atoms with Crippen LogP contribution in [0.5, 0.6) is 5.75 Å². The Morgan fingerprint density at radius 2 is 1.88 bits per heavy atom. The quantitative estimate of drug-likeness (QED) is 0.842. The Morgan fingerprint density at radius 3 is 2.50 bits per heavy atom. The van der Waals surface area contributed by atoms with Crippen LogP contribution in [-0.4, -0.2) is 45.2 Å². The van der Waals surface area contributed by atoms with E-state index in [1.54, 1.807) is 25.3 Å². The number of para-hydroxylation sites is 1. The van der Waals surface area contributed by atoms with Crippen molar-refractivity contribution < 1.29 is 14.4 Å². The maximum atomic E-state index is 12.6. The van der Waals surface area contributed by atoms with E-state index in [1.165, 1.54) is 10.6 Å². The largest absolute Gasteiger partial charge is 0.495 e. The number of benzene rings is 2. The van der Waals surface area contributed by atoms with Gasteiger partial charge in [-0.1, -0.05) is 29.8 Å². The molecular weight excluding hydrogens is 350 g/mol. The number of hydrogen-bond acceptors (Lipinski definition) is 3. The van der Waals surface area contributed by atoms with Crippen molar-refractivity contribution in [3.05, 3.63) is 53.6 Å². The fourth-order valence-corrected chi connectivity index (χ4v) is 3.56. The van der Waals surface area contributed by atoms with E-state index in [-0.39, 0.29) is 11.9 Å². The zero-order valence-corrected chi connectivity index (χ0v) is 15.9. The Labute approximate surface area is 159 Å². The van der Waals surface area contributed by atoms with Crippen LogP contribution in [0.1, 0.15) is 6.92 Å². The van der Waals surface area contributed by atoms with Crippen molar-refractivity contribution in [3.63, 3.8) is 0 Å². The van der Waals surface area contributed by atoms with Crippen molar-refractivity contribution in [3.8, 4) is 5.75 Å². The van der Waals surface area contributed by atoms with E-state index >= 15 is 0 Å². The average molecular weight is 375 g/mol. The molecule has 2 aromatic rings. The van der Waals surface area contributed by atoms with Crippen LogP contribution in [0, 0.1) is 0 Å². The number of carbonyl (C=O) groups is 1. The number of carbonyl (C=O) groups excluding carboxylic acids is 1. The minimum Gasteiger partial charge on any atom is -0.495 e. The molecule has 26 heavy (non-hydrogen) atoms. The summed E-state index contributed by atoms with van der Waals surface area (Å²) in [6.45, 7) is 5.75. The molecule has 0 unspecified atom stereocenters. The minimum atomic E-state index is -0.117. The van der Waals surface area contributed by atoms with Gasteiger partial charge in [0, 0.05) is 11.4 Å². The summed E-state index contributed by atoms with van der Waals surface area (Å²) in [6, 6.07) is 15.6. The topological polar surface area (TPSA) is 46.0 Å². The molecule has 1 saturated heterocycles. The molecule has 0 spiro atoms. The van der Waals surface area contributed by atoms with Gasteiger partial charge >= 0.3 is 0 Å². The van der Waals surface area contributed by atoms with Crippen molar-refractivity contribution in [2.75, 3.05) is 43.5 Å². The van der Waals surface area contributed by atoms with Gasteiger partial charge in [0.2, 0.25) is 0 Å². The number of quaternary nitrogens is 1. The summed E-state index contributed by atoms with van der Waals surface area (Å²) in [5.41, 5.74) is 1.94. The molecule has 1 aliphatic heterocycles. The fraction of sp³-hybridized carbons (Fsp3) is 0.350. The SMILES string of the molecule is COc1ccc(NC(=O)[C@H](C)[NH+]2CCN(c3ccccc3)CC2)cc1Cl. The summed E-state index contributed by atoms with van der Waals surface area (Å²) in [7, 11) is 1.57. The second-order valence-electron chi connectivity index (χ2n) is 6.54. The van der Waals surface area contributed by atoms with E-state index < -0.39 is 0 Å². The van der Waals surface area contributed by atoms with Gasteiger partial charge in [0.05, 0.1) is 38.3 Å². The number of amides is 1. The number of halogens is 1. The molecule has 0 bridgehead atoms. The van der Waals surface area contributed by atoms with Crippen molar-refractivity contribution in [2.45, 2.75) is 13.0 Å². The van der Waals surface area contributed by atoms with Crippen molar-refractivity contribution >= 4 is 28.9 Å². The van der Waals surface area contributed by atoms with E-state index in [2.05, 4.69) is 34.5 Å². The monoisotopic (exact) mass is 374 g/mol. The molecule has 1 atom stereocenters. The van der Waals surface area contributed by atoms with E-state index in [4.69, 9.17) is 16.3 Å². The van der Waals surface area contributed by atoms with E-state index in [1.807, 2.05) is 13.0 Å². The highest BCUT2D eigenvalue weighted by atomic mass is 35.5. The standard InChI is InChI=1S/C20H24ClN3O2/c1-15(20(25)22-16-8-9-19(26-2)18(21)14-16)23-10-12-24(13-11-23)17-6-4-3-5-7-17/h3-9,14-15H,10-13H2,1-2H3,(H,22,25)/p+1/t15-/m0/s1. The number of nitrogens with zero attached hydrogens (tertiary/aromatic N) is 1. The molecular formula is C20H25ClN3O2+. The van der Waals surface area contributed by atoms with Gasteiger partial charge in [-0.25, -0.2) is 0 Å². The van der Waals surface area contributed by atoms with Gasteiger partial charge < -0.3 is 19.9 Å². The van der Waals surface area contributed by atoms with Crippen LogP contribution in [0.2, 0.25) is 5.02 Å². The second kappa shape index (κ2) is 8.43. The van der Waals surface area contributed by atoms with Crippen LogP contribution in [0.4, 0.5) is 11.4 Å². The number of nitrogens with one attached hydrogen (secondary N) is 2. The van der Waals surface area contributed by atoms with Gasteiger partial charge in [-0.2, -0.15) is 0 Å². The summed E-state index contributed by atoms with van der Waals surface area (Å²) in [5, 5.41) is 3.45. The molecule has 0 saturated carbocycles. The Morgan fingerprint density at radius 1 is 1.19 bits per heavy atom. The number of methoxy groups -OCH3 is 1. The number of rotatable bonds is 5. The predicted molar refractivity (Wildman–Crippen MR) is 105 cm³/mol. The molecule has 2 N–H and O–H groups in total. The predicted octanol–water partition coefficient (Wildman–Crippen LogP) is 2.08. The van der Waals surface area contributed by atoms with Crippen LogP contribution in [-0.2, 0) is 4.79 Å². The van der Waals surface area contributed by atoms with E-state index in [9.17, 15) is 4.79 Å². The van der Waals surface area contributed by atoms with Gasteiger partial charge in [0.25, 0.3) is 5.91 Å². The number of hydrogen-bond donors (Lipinski definition) is 2. The molecule has 1 aliphatic rings. The number of anilines is 2. The molecule has 0 radical (unpaired) electrons. The van der Waals surface area contributed by atoms with Gasteiger partial charge in [-0.3, -0.25) is 4.79 Å². The normalized spacial score (nSPS) is 16.2. The lowest BCUT2D eigenvalue weighted by Gasteiger charge is -2.36. The number of piperazine rings is 1. The van der Waals surface area contributed by atoms with Crippen molar-refractivity contribution in [1.29, 1.82) is 0 Å². The van der Waals surface area contributed by atoms with Crippen molar-refractivity contribution in [1.82, 2.24) is 0 Å². The molecule has 1 fully saturated rings. The maximum absolute atomic E-state index is 12.6. The third-order valence-electron chi connectivity index (χ3n) is 4.95. The van der Waals surface area contributed by atoms with Gasteiger partial charge in [-0.05, 0) is 37.3 Å². The summed E-state index contributed by atoms with van der Waals surface area (Å²) in [6.07, 6.45) is 0. The molecule has 5 nitrogen and oxygen atoms in total. The first-order valence-corrected chi connectivity index (χ1v) is 9.25. The second-order valence-corrected chi connectivity index (χ2v) is 6.95. The summed E-state index contributed by atoms with van der Waals surface area (Å²) >= 11 is 6.13. The van der Waals surface area contributed by atoms with Crippen LogP contribution < -0.4 is 19.9 Å². The first kappa shape index (κ1) is 18.5. The Bertz CT molecular complexity index is 746. The van der Waals surface area contributed by atoms with Crippen molar-refractivity contribution in [2.24, 2.45) is 0 Å². The lowest BCUT2D eigenvalue weighted by molar-refractivity contribution is -0.914. The van der Waals surface area contributed by atoms with Gasteiger partial charge in [0.15, 0.2) is 6.04 Å². The third kappa shape index (κ3) is 4.29. The highest BCUT2D eigenvalue weighted by Gasteiger charge is 2.29. The summed E-state index contributed by atoms with van der Waals surface area (Å²) in [4.78, 5) is 16.3. The molecule has 1 heterocycles. The lowest BCUT2D eigenvalue weighted by atomic mass is 10.2. The van der Waals surface area contributed by atoms with E-state index in [0.717, 1.165) is 26.2 Å². The summed E-state index contributed by atoms with van der Waals surface area (Å²) < 4.78 is 5.14. The smallest absolute Gasteiger partial charge is 0.282 e. The maximum Gasteiger partial charge on any atom is 0.282 e. The molecule has 3 rings (SSSR count). The molecule has 138 valence electrons. The zero-order valence-electron chi connectivity index (χ0n) is 15.2. The average Bonchev–Trinajstić information content (AvgIpc) is 2.68. The van der Waals surface area contributed by atoms with Crippen LogP contribution in [0.15, 0.2) is 48.5 Å². The van der Waals surface area contributed by atoms with E-state index in [0.29, 0.717) is 16.5 Å². The Hall–Kier alpha value is -2.24. The van der Waals surface area contributed by atoms with Gasteiger partial charge in [-0.15, -0.1) is 0 Å². The molecule has 0 aliphatic carbocycles. The lowest BCUT2D eigenvalue weighted by Crippen LogP contribution is -3.19. The van der Waals surface area contributed by atoms with Crippen LogP contribution >= 0.6 is 11.6 Å². The first-order chi connectivity index (χ1) is 12.6. The zero-order chi connectivity index (χ0) is 18.5. The Balaban J connectivity index is 1.55. The molecule has 0 aromatic heterocycles. The highest BCUT2D eigenvalue weighted by molar-refractivity contribution is 6.32. The first-order valence-electron chi connectivity index (χ1n) is 8.87. The number of ether oxygens (including phenoxy) is 1. The van der Waals surface area contributed by atoms with Gasteiger partial charge in [0.1, 0.15) is 5.75 Å². The summed E-state index contributed by atoms with van der Waals surface area (Å²) in [5.74, 6) is 0.606. The third-order valence-corrected chi connectivity index (χ3v) is 5.25.